The van der Waals surface area contributed by atoms with Gasteiger partial charge in [-0.25, -0.2) is 30.0 Å². The lowest BCUT2D eigenvalue weighted by Crippen LogP contribution is -2.54. The Bertz CT molecular complexity index is 3210. The highest BCUT2D eigenvalue weighted by Crippen LogP contribution is 2.27. The number of benzene rings is 5. The lowest BCUT2D eigenvalue weighted by Gasteiger charge is -2.39. The number of amides is 4. The van der Waals surface area contributed by atoms with E-state index in [0.29, 0.717) is 67.4 Å². The highest BCUT2D eigenvalue weighted by molar-refractivity contribution is 7.91. The van der Waals surface area contributed by atoms with Crippen LogP contribution in [0, 0.1) is 0 Å². The number of likely N-dealkylation sites (tertiary alicyclic amines) is 1. The van der Waals surface area contributed by atoms with E-state index in [1.165, 1.54) is 46.0 Å². The summed E-state index contributed by atoms with van der Waals surface area (Å²) in [6.45, 7) is 5.63. The van der Waals surface area contributed by atoms with Crippen LogP contribution in [0.5, 0.6) is 0 Å². The van der Waals surface area contributed by atoms with Gasteiger partial charge in [0.25, 0.3) is 0 Å². The molecular formula is C51H61Cl2N7O10S3. The Kier molecular flexibility index (Phi) is 18.3. The van der Waals surface area contributed by atoms with E-state index >= 15 is 0 Å². The summed E-state index contributed by atoms with van der Waals surface area (Å²) in [6.07, 6.45) is 1.85. The Morgan fingerprint density at radius 1 is 0.712 bits per heavy atom. The number of halogens is 2. The van der Waals surface area contributed by atoms with Crippen molar-refractivity contribution in [1.82, 2.24) is 33.9 Å². The minimum atomic E-state index is -4.09. The van der Waals surface area contributed by atoms with Crippen LogP contribution >= 0.6 is 23.2 Å². The monoisotopic (exact) mass is 1100 g/mol. The van der Waals surface area contributed by atoms with Gasteiger partial charge < -0.3 is 19.6 Å². The van der Waals surface area contributed by atoms with Crippen molar-refractivity contribution in [2.24, 2.45) is 0 Å². The van der Waals surface area contributed by atoms with Gasteiger partial charge >= 0.3 is 0 Å². The number of nitrogens with one attached hydrogen (secondary N) is 2. The van der Waals surface area contributed by atoms with Crippen LogP contribution in [0.15, 0.2) is 112 Å². The summed E-state index contributed by atoms with van der Waals surface area (Å²) in [6, 6.07) is 25.1. The van der Waals surface area contributed by atoms with Crippen molar-refractivity contribution in [3.05, 3.63) is 113 Å². The number of carbonyl (C=O) groups is 4. The maximum Gasteiger partial charge on any atom is 0.242 e. The average Bonchev–Trinajstić information content (AvgIpc) is 3.37. The van der Waals surface area contributed by atoms with Gasteiger partial charge in [0.15, 0.2) is 9.84 Å². The van der Waals surface area contributed by atoms with Crippen LogP contribution in [-0.4, -0.2) is 158 Å². The number of unbranched alkanes of at least 4 members (excludes halogenated alkanes) is 1. The molecule has 22 heteroatoms. The first-order chi connectivity index (χ1) is 34.6. The zero-order chi connectivity index (χ0) is 52.7. The van der Waals surface area contributed by atoms with Crippen molar-refractivity contribution >= 4 is 98.3 Å². The van der Waals surface area contributed by atoms with Gasteiger partial charge in [-0.3, -0.25) is 24.1 Å². The van der Waals surface area contributed by atoms with Crippen LogP contribution in [0.2, 0.25) is 10.0 Å². The number of likely N-dealkylation sites (N-methyl/N-ethyl adjacent to an activating group) is 1. The van der Waals surface area contributed by atoms with Crippen molar-refractivity contribution in [1.29, 1.82) is 0 Å². The number of hydrogen-bond acceptors (Lipinski definition) is 11. The van der Waals surface area contributed by atoms with Crippen LogP contribution in [-0.2, 0) is 49.1 Å². The molecule has 2 aliphatic rings. The Morgan fingerprint density at radius 3 is 1.95 bits per heavy atom. The molecule has 2 N–H and O–H groups in total. The maximum absolute atomic E-state index is 13.7. The van der Waals surface area contributed by atoms with Gasteiger partial charge in [-0.1, -0.05) is 66.5 Å². The summed E-state index contributed by atoms with van der Waals surface area (Å²) in [7, 11) is -10.3. The molecule has 392 valence electrons. The minimum absolute atomic E-state index is 0.0122. The predicted octanol–water partition coefficient (Wildman–Crippen LogP) is 5.70. The van der Waals surface area contributed by atoms with Crippen LogP contribution in [0.1, 0.15) is 57.6 Å². The van der Waals surface area contributed by atoms with Gasteiger partial charge in [-0.15, -0.1) is 0 Å². The Hall–Kier alpha value is -5.19. The molecule has 2 saturated heterocycles. The van der Waals surface area contributed by atoms with E-state index in [4.69, 9.17) is 23.2 Å². The molecule has 1 unspecified atom stereocenters. The molecule has 0 bridgehead atoms. The van der Waals surface area contributed by atoms with E-state index in [-0.39, 0.29) is 83.9 Å². The molecule has 73 heavy (non-hydrogen) atoms. The Labute approximate surface area is 437 Å². The number of piperazine rings is 1. The second-order valence-corrected chi connectivity index (χ2v) is 24.9. The first-order valence-electron chi connectivity index (χ1n) is 24.2. The van der Waals surface area contributed by atoms with Crippen LogP contribution in [0.3, 0.4) is 0 Å². The number of nitrogens with zero attached hydrogens (tertiary/aromatic N) is 5. The van der Waals surface area contributed by atoms with E-state index < -0.39 is 47.7 Å². The molecule has 7 rings (SSSR count). The third kappa shape index (κ3) is 14.2. The second kappa shape index (κ2) is 24.0. The second-order valence-electron chi connectivity index (χ2n) is 18.5. The lowest BCUT2D eigenvalue weighted by molar-refractivity contribution is -0.142. The predicted molar refractivity (Wildman–Crippen MR) is 282 cm³/mol. The molecule has 0 saturated carbocycles. The fourth-order valence-corrected chi connectivity index (χ4v) is 13.1. The number of sulfone groups is 1. The lowest BCUT2D eigenvalue weighted by atomic mass is 10.1. The highest BCUT2D eigenvalue weighted by Gasteiger charge is 2.34. The van der Waals surface area contributed by atoms with Crippen molar-refractivity contribution < 1.29 is 44.4 Å². The average molecular weight is 1100 g/mol. The van der Waals surface area contributed by atoms with E-state index in [1.54, 1.807) is 78.6 Å². The van der Waals surface area contributed by atoms with Gasteiger partial charge in [0.1, 0.15) is 6.04 Å². The van der Waals surface area contributed by atoms with Crippen LogP contribution in [0.4, 0.5) is 0 Å². The van der Waals surface area contributed by atoms with E-state index in [1.807, 2.05) is 13.0 Å². The fourth-order valence-electron chi connectivity index (χ4n) is 9.00. The molecule has 0 aromatic heterocycles. The number of piperidine rings is 1. The van der Waals surface area contributed by atoms with E-state index in [9.17, 15) is 44.4 Å². The van der Waals surface area contributed by atoms with E-state index in [2.05, 4.69) is 14.3 Å². The standard InChI is InChI=1S/C51H61Cl2N7O10S3/c1-4-48(61)59(21-6-5-20-54-72(67,68)45-18-14-38-29-42(52)16-12-40(38)32-45)35-50(63)58-25-23-57(24-26-58)36(2)37-9-7-10-44(31-37)71(65,66)28-27-56(3)49(62)34-60-22-8-11-47(51(60)64)55-73(69,70)46-19-15-39-30-43(53)17-13-41(39)33-46/h7,9-10,12-19,29-33,36,47,54-55H,4-6,8,11,20-28,34-35H2,1-3H3/t36?,47-/m0/s1. The Morgan fingerprint density at radius 2 is 1.32 bits per heavy atom. The SMILES string of the molecule is CCC(=O)N(CCCCNS(=O)(=O)c1ccc2cc(Cl)ccc2c1)CC(=O)N1CCN(C(C)c2cccc(S(=O)(=O)CCN(C)C(=O)CN3CCC[C@H](NS(=O)(=O)c4ccc5cc(Cl)ccc5c4)C3=O)c2)CC1. The summed E-state index contributed by atoms with van der Waals surface area (Å²) < 4.78 is 85.1. The first-order valence-corrected chi connectivity index (χ1v) is 29.6. The normalized spacial score (nSPS) is 16.5. The maximum atomic E-state index is 13.7. The van der Waals surface area contributed by atoms with E-state index in [0.717, 1.165) is 21.7 Å². The number of fused-ring (bicyclic) bond motifs is 2. The van der Waals surface area contributed by atoms with Gasteiger partial charge in [0.05, 0.1) is 33.5 Å². The third-order valence-corrected chi connectivity index (χ3v) is 18.6. The van der Waals surface area contributed by atoms with Crippen molar-refractivity contribution in [3.63, 3.8) is 0 Å². The highest BCUT2D eigenvalue weighted by atomic mass is 35.5. The molecule has 2 atom stereocenters. The largest absolute Gasteiger partial charge is 0.343 e. The summed E-state index contributed by atoms with van der Waals surface area (Å²) in [5, 5.41) is 4.07. The summed E-state index contributed by atoms with van der Waals surface area (Å²) in [5.41, 5.74) is 0.759. The molecule has 0 spiro atoms. The van der Waals surface area contributed by atoms with Crippen molar-refractivity contribution in [2.45, 2.75) is 72.7 Å². The molecule has 0 radical (unpaired) electrons. The smallest absolute Gasteiger partial charge is 0.242 e. The zero-order valence-corrected chi connectivity index (χ0v) is 45.0. The number of hydrogen-bond donors (Lipinski definition) is 2. The number of carbonyl (C=O) groups excluding carboxylic acids is 4. The quantitative estimate of drug-likeness (QED) is 0.0851. The van der Waals surface area contributed by atoms with Gasteiger partial charge in [-0.05, 0) is 120 Å². The topological polar surface area (TPSA) is 211 Å². The molecule has 2 heterocycles. The summed E-state index contributed by atoms with van der Waals surface area (Å²) in [4.78, 5) is 61.4. The molecule has 2 fully saturated rings. The molecular weight excluding hydrogens is 1040 g/mol. The fraction of sp³-hybridized carbons (Fsp3) is 0.412. The molecule has 0 aliphatic carbocycles. The van der Waals surface area contributed by atoms with Crippen molar-refractivity contribution in [3.8, 4) is 0 Å². The zero-order valence-electron chi connectivity index (χ0n) is 41.0. The van der Waals surface area contributed by atoms with Crippen LogP contribution in [0.25, 0.3) is 21.5 Å². The van der Waals surface area contributed by atoms with Gasteiger partial charge in [-0.2, -0.15) is 4.72 Å². The van der Waals surface area contributed by atoms with Crippen molar-refractivity contribution in [2.75, 3.05) is 78.2 Å². The number of rotatable bonds is 21. The summed E-state index contributed by atoms with van der Waals surface area (Å²) in [5.74, 6) is -1.77. The van der Waals surface area contributed by atoms with Gasteiger partial charge in [0.2, 0.25) is 43.7 Å². The minimum Gasteiger partial charge on any atom is -0.343 e. The molecule has 2 aliphatic heterocycles. The van der Waals surface area contributed by atoms with Crippen LogP contribution < -0.4 is 9.44 Å². The number of sulfonamides is 2. The Balaban J connectivity index is 0.844. The third-order valence-electron chi connectivity index (χ3n) is 13.5. The first kappa shape index (κ1) is 55.6. The molecule has 5 aromatic carbocycles. The van der Waals surface area contributed by atoms with Gasteiger partial charge in [0, 0.05) is 81.9 Å². The molecule has 4 amide bonds. The summed E-state index contributed by atoms with van der Waals surface area (Å²) >= 11 is 12.1. The molecule has 17 nitrogen and oxygen atoms in total. The molecule has 5 aromatic rings.